The number of carboxylic acids is 1. The summed E-state index contributed by atoms with van der Waals surface area (Å²) in [6.45, 7) is 5.41. The molecule has 0 aliphatic carbocycles. The van der Waals surface area contributed by atoms with E-state index in [9.17, 15) is 13.2 Å². The Hall–Kier alpha value is -2.54. The van der Waals surface area contributed by atoms with Crippen LogP contribution in [0.5, 0.6) is 5.75 Å². The van der Waals surface area contributed by atoms with Gasteiger partial charge in [-0.25, -0.2) is 13.2 Å². The third kappa shape index (κ3) is 4.26. The molecule has 0 amide bonds. The highest BCUT2D eigenvalue weighted by atomic mass is 32.2. The summed E-state index contributed by atoms with van der Waals surface area (Å²) in [5.41, 5.74) is 0.750. The summed E-state index contributed by atoms with van der Waals surface area (Å²) in [6.07, 6.45) is 0.0222. The fraction of sp³-hybridized carbons (Fsp3) is 0.235. The molecule has 0 heterocycles. The van der Waals surface area contributed by atoms with Gasteiger partial charge >= 0.3 is 5.97 Å². The first-order chi connectivity index (χ1) is 11.2. The van der Waals surface area contributed by atoms with Gasteiger partial charge in [-0.3, -0.25) is 4.72 Å². The van der Waals surface area contributed by atoms with Crippen molar-refractivity contribution in [2.45, 2.75) is 31.8 Å². The number of ether oxygens (including phenoxy) is 1. The van der Waals surface area contributed by atoms with Gasteiger partial charge in [0.1, 0.15) is 5.75 Å². The van der Waals surface area contributed by atoms with Crippen LogP contribution in [0.15, 0.2) is 47.4 Å². The van der Waals surface area contributed by atoms with Crippen LogP contribution in [0.25, 0.3) is 0 Å². The molecule has 2 aromatic rings. The average molecular weight is 349 g/mol. The fourth-order valence-corrected chi connectivity index (χ4v) is 3.44. The van der Waals surface area contributed by atoms with Gasteiger partial charge in [0.25, 0.3) is 10.0 Å². The number of carbonyl (C=O) groups is 1. The Bertz CT molecular complexity index is 842. The van der Waals surface area contributed by atoms with Crippen molar-refractivity contribution in [2.75, 3.05) is 4.72 Å². The molecule has 2 rings (SSSR count). The maximum Gasteiger partial charge on any atom is 0.335 e. The number of nitrogens with one attached hydrogen (secondary N) is 1. The third-order valence-electron chi connectivity index (χ3n) is 3.20. The molecule has 7 heteroatoms. The van der Waals surface area contributed by atoms with E-state index >= 15 is 0 Å². The molecule has 0 radical (unpaired) electrons. The molecule has 0 fully saturated rings. The van der Waals surface area contributed by atoms with E-state index in [1.165, 1.54) is 12.1 Å². The molecule has 2 aromatic carbocycles. The van der Waals surface area contributed by atoms with Crippen LogP contribution in [0.3, 0.4) is 0 Å². The number of anilines is 1. The van der Waals surface area contributed by atoms with Gasteiger partial charge in [-0.1, -0.05) is 6.07 Å². The summed E-state index contributed by atoms with van der Waals surface area (Å²) in [7, 11) is -3.89. The Morgan fingerprint density at radius 3 is 2.29 bits per heavy atom. The standard InChI is InChI=1S/C17H19NO5S/c1-11(2)23-15-8-6-14(7-9-15)18-24(21,22)16-10-13(17(19)20)5-4-12(16)3/h4-11,18H,1-3H3,(H,19,20). The minimum atomic E-state index is -3.89. The minimum absolute atomic E-state index is 0.0222. The number of hydrogen-bond acceptors (Lipinski definition) is 4. The highest BCUT2D eigenvalue weighted by molar-refractivity contribution is 7.92. The normalized spacial score (nSPS) is 11.3. The summed E-state index contributed by atoms with van der Waals surface area (Å²) < 4.78 is 33.0. The summed E-state index contributed by atoms with van der Waals surface area (Å²) >= 11 is 0. The molecule has 0 aliphatic rings. The smallest absolute Gasteiger partial charge is 0.335 e. The highest BCUT2D eigenvalue weighted by Gasteiger charge is 2.19. The van der Waals surface area contributed by atoms with Crippen LogP contribution < -0.4 is 9.46 Å². The second kappa shape index (κ2) is 6.92. The lowest BCUT2D eigenvalue weighted by Crippen LogP contribution is -2.15. The van der Waals surface area contributed by atoms with E-state index in [1.807, 2.05) is 13.8 Å². The summed E-state index contributed by atoms with van der Waals surface area (Å²) in [6, 6.07) is 10.5. The second-order valence-corrected chi connectivity index (χ2v) is 7.23. The van der Waals surface area contributed by atoms with E-state index in [-0.39, 0.29) is 16.6 Å². The van der Waals surface area contributed by atoms with Crippen LogP contribution in [0.4, 0.5) is 5.69 Å². The third-order valence-corrected chi connectivity index (χ3v) is 4.73. The molecule has 0 saturated carbocycles. The molecular weight excluding hydrogens is 330 g/mol. The maximum atomic E-state index is 12.5. The van der Waals surface area contributed by atoms with Crippen molar-refractivity contribution < 1.29 is 23.1 Å². The van der Waals surface area contributed by atoms with Gasteiger partial charge in [0.2, 0.25) is 0 Å². The maximum absolute atomic E-state index is 12.5. The molecule has 6 nitrogen and oxygen atoms in total. The lowest BCUT2D eigenvalue weighted by molar-refractivity contribution is 0.0696. The first-order valence-electron chi connectivity index (χ1n) is 7.32. The van der Waals surface area contributed by atoms with Gasteiger partial charge < -0.3 is 9.84 Å². The van der Waals surface area contributed by atoms with Crippen molar-refractivity contribution in [3.63, 3.8) is 0 Å². The Morgan fingerprint density at radius 2 is 1.75 bits per heavy atom. The summed E-state index contributed by atoms with van der Waals surface area (Å²) in [5, 5.41) is 9.03. The van der Waals surface area contributed by atoms with Crippen molar-refractivity contribution in [1.29, 1.82) is 0 Å². The lowest BCUT2D eigenvalue weighted by Gasteiger charge is -2.13. The summed E-state index contributed by atoms with van der Waals surface area (Å²) in [4.78, 5) is 11.0. The van der Waals surface area contributed by atoms with Crippen molar-refractivity contribution in [3.8, 4) is 5.75 Å². The monoisotopic (exact) mass is 349 g/mol. The zero-order chi connectivity index (χ0) is 17.9. The number of carboxylic acid groups (broad SMARTS) is 1. The van der Waals surface area contributed by atoms with Crippen molar-refractivity contribution >= 4 is 21.7 Å². The average Bonchev–Trinajstić information content (AvgIpc) is 2.48. The number of hydrogen-bond donors (Lipinski definition) is 2. The van der Waals surface area contributed by atoms with E-state index in [2.05, 4.69) is 4.72 Å². The topological polar surface area (TPSA) is 92.7 Å². The lowest BCUT2D eigenvalue weighted by atomic mass is 10.1. The van der Waals surface area contributed by atoms with Gasteiger partial charge in [-0.2, -0.15) is 0 Å². The largest absolute Gasteiger partial charge is 0.491 e. The zero-order valence-corrected chi connectivity index (χ0v) is 14.4. The minimum Gasteiger partial charge on any atom is -0.491 e. The molecule has 128 valence electrons. The van der Waals surface area contributed by atoms with E-state index in [1.54, 1.807) is 31.2 Å². The van der Waals surface area contributed by atoms with Crippen LogP contribution >= 0.6 is 0 Å². The summed E-state index contributed by atoms with van der Waals surface area (Å²) in [5.74, 6) is -0.543. The molecule has 0 aromatic heterocycles. The molecule has 0 atom stereocenters. The molecule has 0 aliphatic heterocycles. The fourth-order valence-electron chi connectivity index (χ4n) is 2.11. The van der Waals surface area contributed by atoms with Crippen molar-refractivity contribution in [3.05, 3.63) is 53.6 Å². The number of aryl methyl sites for hydroxylation is 1. The Kier molecular flexibility index (Phi) is 5.14. The molecule has 2 N–H and O–H groups in total. The van der Waals surface area contributed by atoms with Crippen molar-refractivity contribution in [2.24, 2.45) is 0 Å². The molecule has 0 saturated heterocycles. The number of aromatic carboxylic acids is 1. The zero-order valence-electron chi connectivity index (χ0n) is 13.6. The Morgan fingerprint density at radius 1 is 1.12 bits per heavy atom. The quantitative estimate of drug-likeness (QED) is 0.835. The second-order valence-electron chi connectivity index (χ2n) is 5.58. The van der Waals surface area contributed by atoms with Crippen LogP contribution in [0.2, 0.25) is 0 Å². The van der Waals surface area contributed by atoms with Crippen LogP contribution in [-0.4, -0.2) is 25.6 Å². The van der Waals surface area contributed by atoms with E-state index in [0.29, 0.717) is 17.0 Å². The van der Waals surface area contributed by atoms with E-state index in [4.69, 9.17) is 9.84 Å². The number of benzene rings is 2. The number of sulfonamides is 1. The van der Waals surface area contributed by atoms with Crippen molar-refractivity contribution in [1.82, 2.24) is 0 Å². The SMILES string of the molecule is Cc1ccc(C(=O)O)cc1S(=O)(=O)Nc1ccc(OC(C)C)cc1. The Labute approximate surface area is 141 Å². The van der Waals surface area contributed by atoms with E-state index < -0.39 is 16.0 Å². The first-order valence-corrected chi connectivity index (χ1v) is 8.81. The van der Waals surface area contributed by atoms with E-state index in [0.717, 1.165) is 6.07 Å². The van der Waals surface area contributed by atoms with Crippen LogP contribution in [0.1, 0.15) is 29.8 Å². The van der Waals surface area contributed by atoms with Gasteiger partial charge in [0.05, 0.1) is 16.6 Å². The predicted octanol–water partition coefficient (Wildman–Crippen LogP) is 3.28. The highest BCUT2D eigenvalue weighted by Crippen LogP contribution is 2.23. The van der Waals surface area contributed by atoms with Crippen LogP contribution in [0, 0.1) is 6.92 Å². The van der Waals surface area contributed by atoms with Gasteiger partial charge in [-0.15, -0.1) is 0 Å². The van der Waals surface area contributed by atoms with Gasteiger partial charge in [0.15, 0.2) is 0 Å². The number of rotatable bonds is 6. The van der Waals surface area contributed by atoms with Crippen LogP contribution in [-0.2, 0) is 10.0 Å². The molecule has 24 heavy (non-hydrogen) atoms. The predicted molar refractivity (Wildman–Crippen MR) is 91.2 cm³/mol. The van der Waals surface area contributed by atoms with Gasteiger partial charge in [-0.05, 0) is 62.7 Å². The molecule has 0 bridgehead atoms. The molecule has 0 unspecified atom stereocenters. The van der Waals surface area contributed by atoms with Gasteiger partial charge in [0, 0.05) is 5.69 Å². The Balaban J connectivity index is 2.28. The molecule has 0 spiro atoms. The molecular formula is C17H19NO5S. The first kappa shape index (κ1) is 17.8.